The van der Waals surface area contributed by atoms with E-state index in [0.717, 1.165) is 17.8 Å². The van der Waals surface area contributed by atoms with Gasteiger partial charge in [0.1, 0.15) is 8.07 Å². The number of nitrogens with zero attached hydrogens (tertiary/aromatic N) is 1. The third-order valence-electron chi connectivity index (χ3n) is 11.5. The molecule has 9 aliphatic rings. The van der Waals surface area contributed by atoms with E-state index in [9.17, 15) is 0 Å². The van der Waals surface area contributed by atoms with Crippen molar-refractivity contribution in [2.45, 2.75) is 81.4 Å². The zero-order valence-electron chi connectivity index (χ0n) is 25.5. The van der Waals surface area contributed by atoms with Crippen molar-refractivity contribution >= 4 is 19.9 Å². The Morgan fingerprint density at radius 2 is 1.43 bits per heavy atom. The summed E-state index contributed by atoms with van der Waals surface area (Å²) in [6.07, 6.45) is 13.6. The van der Waals surface area contributed by atoms with Gasteiger partial charge in [0.05, 0.1) is 5.70 Å². The van der Waals surface area contributed by atoms with Gasteiger partial charge in [-0.3, -0.25) is 4.99 Å². The first-order valence-electron chi connectivity index (χ1n) is 15.5. The zero-order valence-corrected chi connectivity index (χ0v) is 30.4. The standard InChI is InChI=1S/C26H27.C11H13NSi.2ClH.Zr/c1-17-9-22-3-2-4-24(25(22)10-17)21-5-7-23(8-6-21)26-14-18-11-19(15-26)13-20(12-18)16-26;1-6-5-8-9(12-6)11-7(2)10(8)13(11,3)4;;;/h2-10,18-20H,11-16H2,1H3;5H,1-4H3;2*1H;/q;;;;+2/p-2. The molecule has 0 radical (unpaired) electrons. The smallest absolute Gasteiger partial charge is 0.116 e. The first-order valence-corrected chi connectivity index (χ1v) is 19.9. The second kappa shape index (κ2) is 10.7. The van der Waals surface area contributed by atoms with Gasteiger partial charge in [-0.25, -0.2) is 0 Å². The molecule has 6 bridgehead atoms. The van der Waals surface area contributed by atoms with Gasteiger partial charge in [-0.15, -0.1) is 0 Å². The van der Waals surface area contributed by atoms with Gasteiger partial charge in [-0.1, -0.05) is 13.1 Å². The number of allylic oxidation sites excluding steroid dienone is 5. The summed E-state index contributed by atoms with van der Waals surface area (Å²) in [5.41, 5.74) is 15.0. The summed E-state index contributed by atoms with van der Waals surface area (Å²) in [5, 5.41) is 3.28. The van der Waals surface area contributed by atoms with Crippen molar-refractivity contribution in [3.8, 4) is 11.1 Å². The molecule has 2 aromatic rings. The molecule has 3 aliphatic heterocycles. The monoisotopic (exact) mass is 686 g/mol. The van der Waals surface area contributed by atoms with Crippen LogP contribution < -0.4 is 24.8 Å². The molecule has 6 aliphatic carbocycles. The van der Waals surface area contributed by atoms with E-state index >= 15 is 0 Å². The number of benzene rings is 2. The van der Waals surface area contributed by atoms with Crippen molar-refractivity contribution < 1.29 is 49.5 Å². The molecule has 2 aromatic carbocycles. The largest absolute Gasteiger partial charge is 1.00 e. The van der Waals surface area contributed by atoms with Crippen LogP contribution in [0.4, 0.5) is 0 Å². The van der Waals surface area contributed by atoms with Crippen molar-refractivity contribution in [2.75, 3.05) is 0 Å². The molecule has 5 heteroatoms. The molecule has 0 amide bonds. The van der Waals surface area contributed by atoms with Crippen LogP contribution in [0.5, 0.6) is 0 Å². The second-order valence-corrected chi connectivity index (χ2v) is 20.2. The SMILES string of the molecule is CC1=Cc2c(-c3ccc(C45CC6CC(CC(C6)C4)C5)cc3)cccc2[CH]1[Zr+2].CC1=NC2=C3C(C)=C(C2=C1)[Si]3(C)C.[Cl-].[Cl-]. The summed E-state index contributed by atoms with van der Waals surface area (Å²) in [6, 6.07) is 16.7. The van der Waals surface area contributed by atoms with Crippen molar-refractivity contribution in [1.29, 1.82) is 0 Å². The minimum Gasteiger partial charge on any atom is -1.00 e. The minimum absolute atomic E-state index is 0. The first kappa shape index (κ1) is 30.8. The van der Waals surface area contributed by atoms with Gasteiger partial charge in [-0.2, -0.15) is 0 Å². The summed E-state index contributed by atoms with van der Waals surface area (Å²) < 4.78 is 0.651. The Balaban J connectivity index is 0.000000178. The molecule has 3 heterocycles. The Kier molecular flexibility index (Phi) is 7.82. The minimum atomic E-state index is -1.15. The molecule has 1 unspecified atom stereocenters. The maximum Gasteiger partial charge on any atom is 0.116 e. The van der Waals surface area contributed by atoms with Crippen molar-refractivity contribution in [3.63, 3.8) is 0 Å². The first-order chi connectivity index (χ1) is 19.1. The van der Waals surface area contributed by atoms with Crippen LogP contribution in [0.3, 0.4) is 0 Å². The van der Waals surface area contributed by atoms with E-state index in [2.05, 4.69) is 93.5 Å². The van der Waals surface area contributed by atoms with E-state index in [4.69, 9.17) is 0 Å². The zero-order chi connectivity index (χ0) is 27.6. The fourth-order valence-electron chi connectivity index (χ4n) is 10.3. The molecule has 4 fully saturated rings. The summed E-state index contributed by atoms with van der Waals surface area (Å²) >= 11 is 1.61. The number of halogens is 2. The third-order valence-corrected chi connectivity index (χ3v) is 17.2. The van der Waals surface area contributed by atoms with Crippen LogP contribution in [0.15, 0.2) is 86.3 Å². The summed E-state index contributed by atoms with van der Waals surface area (Å²) in [5.74, 6) is 3.06. The Morgan fingerprint density at radius 3 is 2.00 bits per heavy atom. The molecule has 1 atom stereocenters. The second-order valence-electron chi connectivity index (χ2n) is 14.6. The topological polar surface area (TPSA) is 12.4 Å². The van der Waals surface area contributed by atoms with Crippen LogP contribution >= 0.6 is 0 Å². The Hall–Kier alpha value is -1.25. The average molecular weight is 689 g/mol. The van der Waals surface area contributed by atoms with E-state index in [-0.39, 0.29) is 24.8 Å². The fourth-order valence-corrected chi connectivity index (χ4v) is 15.0. The number of aliphatic imine (C=N–C) groups is 1. The van der Waals surface area contributed by atoms with Gasteiger partial charge in [0.15, 0.2) is 0 Å². The van der Waals surface area contributed by atoms with Gasteiger partial charge in [0.25, 0.3) is 0 Å². The number of rotatable bonds is 2. The van der Waals surface area contributed by atoms with Crippen LogP contribution in [0.1, 0.15) is 79.6 Å². The molecule has 0 spiro atoms. The predicted molar refractivity (Wildman–Crippen MR) is 167 cm³/mol. The van der Waals surface area contributed by atoms with Crippen molar-refractivity contribution in [3.05, 3.63) is 98.0 Å². The third kappa shape index (κ3) is 4.42. The summed E-state index contributed by atoms with van der Waals surface area (Å²) in [6.45, 7) is 11.5. The number of fused-ring (bicyclic) bond motifs is 1. The molecule has 42 heavy (non-hydrogen) atoms. The number of hydrogen-bond donors (Lipinski definition) is 0. The van der Waals surface area contributed by atoms with Gasteiger partial charge in [0.2, 0.25) is 0 Å². The predicted octanol–water partition coefficient (Wildman–Crippen LogP) is 3.61. The van der Waals surface area contributed by atoms with Gasteiger partial charge >= 0.3 is 179 Å². The molecule has 11 rings (SSSR count). The summed E-state index contributed by atoms with van der Waals surface area (Å²) in [7, 11) is -1.15. The van der Waals surface area contributed by atoms with E-state index in [1.54, 1.807) is 40.7 Å². The molecule has 0 aromatic heterocycles. The fraction of sp³-hybridized carbons (Fsp3) is 0.432. The maximum absolute atomic E-state index is 4.62. The van der Waals surface area contributed by atoms with Gasteiger partial charge in [-0.05, 0) is 35.9 Å². The average Bonchev–Trinajstić information content (AvgIpc) is 3.56. The number of hydrogen-bond acceptors (Lipinski definition) is 1. The molecule has 1 nitrogen and oxygen atoms in total. The van der Waals surface area contributed by atoms with Crippen molar-refractivity contribution in [1.82, 2.24) is 0 Å². The van der Waals surface area contributed by atoms with E-state index in [0.29, 0.717) is 9.04 Å². The molecule has 0 N–H and O–H groups in total. The van der Waals surface area contributed by atoms with Crippen LogP contribution in [0.25, 0.3) is 17.2 Å². The van der Waals surface area contributed by atoms with Crippen LogP contribution in [0, 0.1) is 17.8 Å². The van der Waals surface area contributed by atoms with Crippen LogP contribution in [-0.2, 0) is 30.1 Å². The van der Waals surface area contributed by atoms with Gasteiger partial charge < -0.3 is 24.8 Å². The Bertz CT molecular complexity index is 1600. The van der Waals surface area contributed by atoms with Gasteiger partial charge in [0, 0.05) is 11.3 Å². The molecule has 215 valence electrons. The molecular formula is C37H40Cl2NSiZr. The van der Waals surface area contributed by atoms with E-state index in [1.165, 1.54) is 88.9 Å². The Labute approximate surface area is 280 Å². The Morgan fingerprint density at radius 1 is 0.810 bits per heavy atom. The quantitative estimate of drug-likeness (QED) is 0.428. The maximum atomic E-state index is 4.62. The molecular weight excluding hydrogens is 649 g/mol. The van der Waals surface area contributed by atoms with E-state index < -0.39 is 8.07 Å². The van der Waals surface area contributed by atoms with E-state index in [1.807, 2.05) is 0 Å². The summed E-state index contributed by atoms with van der Waals surface area (Å²) in [4.78, 5) is 4.62. The molecule has 0 saturated heterocycles. The molecule has 4 saturated carbocycles. The van der Waals surface area contributed by atoms with Crippen LogP contribution in [-0.4, -0.2) is 13.8 Å². The van der Waals surface area contributed by atoms with Crippen molar-refractivity contribution in [2.24, 2.45) is 22.7 Å². The van der Waals surface area contributed by atoms with Crippen LogP contribution in [0.2, 0.25) is 13.1 Å². The normalized spacial score (nSPS) is 31.6.